The minimum atomic E-state index is -5.28. The number of pyridine rings is 1. The number of hydrogen-bond acceptors (Lipinski definition) is 5. The molecule has 2 aromatic heterocycles. The monoisotopic (exact) mass is 368 g/mol. The number of aromatic nitrogens is 3. The Morgan fingerprint density at radius 1 is 1.19 bits per heavy atom. The molecule has 2 heterocycles. The average Bonchev–Trinajstić information content (AvgIpc) is 2.92. The molecule has 0 saturated heterocycles. The van der Waals surface area contributed by atoms with Gasteiger partial charge in [-0.05, 0) is 12.1 Å². The van der Waals surface area contributed by atoms with Crippen LogP contribution in [0.3, 0.4) is 0 Å². The second-order valence-corrected chi connectivity index (χ2v) is 5.02. The van der Waals surface area contributed by atoms with Crippen molar-refractivity contribution < 1.29 is 31.9 Å². The van der Waals surface area contributed by atoms with Gasteiger partial charge in [0.05, 0.1) is 5.39 Å². The Morgan fingerprint density at radius 3 is 2.50 bits per heavy atom. The summed E-state index contributed by atoms with van der Waals surface area (Å²) in [4.78, 5) is 26.3. The fourth-order valence-electron chi connectivity index (χ4n) is 2.19. The van der Waals surface area contributed by atoms with Crippen molar-refractivity contribution in [1.29, 1.82) is 0 Å². The summed E-state index contributed by atoms with van der Waals surface area (Å²) in [6.45, 7) is 0. The number of esters is 1. The average molecular weight is 368 g/mol. The number of carbonyl (C=O) groups excluding carboxylic acids is 2. The van der Waals surface area contributed by atoms with E-state index in [1.807, 2.05) is 0 Å². The summed E-state index contributed by atoms with van der Waals surface area (Å²) in [6, 6.07) is 5.61. The van der Waals surface area contributed by atoms with Gasteiger partial charge in [-0.1, -0.05) is 18.2 Å². The van der Waals surface area contributed by atoms with Gasteiger partial charge in [0.1, 0.15) is 5.82 Å². The summed E-state index contributed by atoms with van der Waals surface area (Å²) in [5, 5.41) is 3.22. The highest BCUT2D eigenvalue weighted by molar-refractivity contribution is 5.94. The third-order valence-electron chi connectivity index (χ3n) is 3.30. The number of halogens is 4. The van der Waals surface area contributed by atoms with Crippen LogP contribution in [0.15, 0.2) is 36.5 Å². The molecule has 1 aromatic carbocycles. The highest BCUT2D eigenvalue weighted by Gasteiger charge is 2.42. The number of fused-ring (bicyclic) bond motifs is 1. The number of benzene rings is 1. The van der Waals surface area contributed by atoms with Crippen LogP contribution in [-0.4, -0.2) is 32.9 Å². The number of alkyl halides is 3. The third kappa shape index (κ3) is 3.06. The number of carbonyl (C=O) groups is 2. The summed E-state index contributed by atoms with van der Waals surface area (Å²) >= 11 is 0. The number of hydrogen-bond donors (Lipinski definition) is 1. The molecule has 0 bridgehead atoms. The Morgan fingerprint density at radius 2 is 1.88 bits per heavy atom. The maximum Gasteiger partial charge on any atom is 0.491 e. The SMILES string of the molecule is NC(=O)n1nc(OC(=O)C(F)(F)F)c2cc(-c3ccccc3F)cnc21. The molecule has 0 aliphatic rings. The molecule has 26 heavy (non-hydrogen) atoms. The summed E-state index contributed by atoms with van der Waals surface area (Å²) in [6.07, 6.45) is -4.10. The third-order valence-corrected chi connectivity index (χ3v) is 3.30. The van der Waals surface area contributed by atoms with Crippen molar-refractivity contribution in [1.82, 2.24) is 14.8 Å². The van der Waals surface area contributed by atoms with Crippen LogP contribution < -0.4 is 10.5 Å². The van der Waals surface area contributed by atoms with Gasteiger partial charge in [0.25, 0.3) is 5.88 Å². The van der Waals surface area contributed by atoms with Crippen LogP contribution in [-0.2, 0) is 4.79 Å². The molecule has 11 heteroatoms. The topological polar surface area (TPSA) is 100 Å². The first-order chi connectivity index (χ1) is 12.2. The van der Waals surface area contributed by atoms with Gasteiger partial charge in [-0.3, -0.25) is 0 Å². The second kappa shape index (κ2) is 6.10. The van der Waals surface area contributed by atoms with Gasteiger partial charge in [-0.15, -0.1) is 5.10 Å². The Hall–Kier alpha value is -3.50. The first kappa shape index (κ1) is 17.3. The molecule has 134 valence electrons. The molecule has 0 atom stereocenters. The molecule has 7 nitrogen and oxygen atoms in total. The number of nitrogens with zero attached hydrogens (tertiary/aromatic N) is 3. The number of ether oxygens (including phenoxy) is 1. The Balaban J connectivity index is 2.18. The Labute approximate surface area is 142 Å². The van der Waals surface area contributed by atoms with Crippen molar-refractivity contribution in [2.45, 2.75) is 6.18 Å². The van der Waals surface area contributed by atoms with E-state index in [-0.39, 0.29) is 22.2 Å². The predicted molar refractivity (Wildman–Crippen MR) is 79.6 cm³/mol. The van der Waals surface area contributed by atoms with E-state index in [2.05, 4.69) is 14.8 Å². The van der Waals surface area contributed by atoms with Gasteiger partial charge in [-0.2, -0.15) is 17.9 Å². The van der Waals surface area contributed by atoms with Gasteiger partial charge in [-0.25, -0.2) is 19.0 Å². The summed E-state index contributed by atoms with van der Waals surface area (Å²) in [5.41, 5.74) is 5.10. The van der Waals surface area contributed by atoms with E-state index in [4.69, 9.17) is 5.73 Å². The maximum atomic E-state index is 13.9. The molecule has 3 aromatic rings. The predicted octanol–water partition coefficient (Wildman–Crippen LogP) is 2.63. The molecule has 0 aliphatic heterocycles. The molecular formula is C15H8F4N4O3. The molecule has 0 unspecified atom stereocenters. The van der Waals surface area contributed by atoms with E-state index in [0.717, 1.165) is 0 Å². The standard InChI is InChI=1S/C15H8F4N4O3/c16-10-4-2-1-3-8(10)7-5-9-11(21-6-7)23(14(20)25)22-12(9)26-13(24)15(17,18)19/h1-6H,(H2,20,25). The largest absolute Gasteiger partial charge is 0.491 e. The molecule has 0 aliphatic carbocycles. The fraction of sp³-hybridized carbons (Fsp3) is 0.0667. The van der Waals surface area contributed by atoms with E-state index in [1.54, 1.807) is 6.07 Å². The number of amides is 1. The summed E-state index contributed by atoms with van der Waals surface area (Å²) < 4.78 is 55.9. The van der Waals surface area contributed by atoms with Crippen molar-refractivity contribution >= 4 is 23.0 Å². The highest BCUT2D eigenvalue weighted by atomic mass is 19.4. The van der Waals surface area contributed by atoms with Gasteiger partial charge >= 0.3 is 18.2 Å². The van der Waals surface area contributed by atoms with Gasteiger partial charge in [0, 0.05) is 17.3 Å². The number of rotatable bonds is 2. The maximum absolute atomic E-state index is 13.9. The first-order valence-corrected chi connectivity index (χ1v) is 6.91. The van der Waals surface area contributed by atoms with E-state index < -0.39 is 29.9 Å². The van der Waals surface area contributed by atoms with E-state index in [9.17, 15) is 27.2 Å². The lowest BCUT2D eigenvalue weighted by Gasteiger charge is -2.05. The summed E-state index contributed by atoms with van der Waals surface area (Å²) in [5.74, 6) is -3.97. The normalized spacial score (nSPS) is 11.5. The van der Waals surface area contributed by atoms with Crippen LogP contribution in [0, 0.1) is 5.82 Å². The smallest absolute Gasteiger partial charge is 0.398 e. The van der Waals surface area contributed by atoms with Crippen molar-refractivity contribution in [2.24, 2.45) is 5.73 Å². The number of nitrogens with two attached hydrogens (primary N) is 1. The van der Waals surface area contributed by atoms with Gasteiger partial charge in [0.2, 0.25) is 0 Å². The minimum Gasteiger partial charge on any atom is -0.398 e. The highest BCUT2D eigenvalue weighted by Crippen LogP contribution is 2.31. The molecule has 0 radical (unpaired) electrons. The molecule has 0 fully saturated rings. The van der Waals surface area contributed by atoms with Crippen LogP contribution >= 0.6 is 0 Å². The zero-order valence-electron chi connectivity index (χ0n) is 12.6. The molecular weight excluding hydrogens is 360 g/mol. The van der Waals surface area contributed by atoms with Crippen LogP contribution in [0.5, 0.6) is 5.88 Å². The molecule has 1 amide bonds. The molecule has 0 saturated carbocycles. The zero-order valence-corrected chi connectivity index (χ0v) is 12.6. The Kier molecular flexibility index (Phi) is 4.06. The van der Waals surface area contributed by atoms with E-state index in [0.29, 0.717) is 4.68 Å². The molecule has 3 rings (SSSR count). The van der Waals surface area contributed by atoms with Crippen molar-refractivity contribution in [2.75, 3.05) is 0 Å². The van der Waals surface area contributed by atoms with Crippen LogP contribution in [0.2, 0.25) is 0 Å². The van der Waals surface area contributed by atoms with Crippen LogP contribution in [0.25, 0.3) is 22.2 Å². The van der Waals surface area contributed by atoms with Crippen LogP contribution in [0.1, 0.15) is 0 Å². The second-order valence-electron chi connectivity index (χ2n) is 5.02. The molecule has 0 spiro atoms. The summed E-state index contributed by atoms with van der Waals surface area (Å²) in [7, 11) is 0. The van der Waals surface area contributed by atoms with Gasteiger partial charge in [0.15, 0.2) is 5.65 Å². The van der Waals surface area contributed by atoms with Crippen molar-refractivity contribution in [3.8, 4) is 17.0 Å². The lowest BCUT2D eigenvalue weighted by Crippen LogP contribution is -2.28. The van der Waals surface area contributed by atoms with Crippen molar-refractivity contribution in [3.05, 3.63) is 42.3 Å². The quantitative estimate of drug-likeness (QED) is 0.554. The lowest BCUT2D eigenvalue weighted by molar-refractivity contribution is -0.189. The number of primary amides is 1. The van der Waals surface area contributed by atoms with E-state index in [1.165, 1.54) is 30.5 Å². The first-order valence-electron chi connectivity index (χ1n) is 6.91. The fourth-order valence-corrected chi connectivity index (χ4v) is 2.19. The Bertz CT molecular complexity index is 1030. The van der Waals surface area contributed by atoms with Crippen LogP contribution in [0.4, 0.5) is 22.4 Å². The van der Waals surface area contributed by atoms with Crippen molar-refractivity contribution in [3.63, 3.8) is 0 Å². The van der Waals surface area contributed by atoms with E-state index >= 15 is 0 Å². The van der Waals surface area contributed by atoms with Gasteiger partial charge < -0.3 is 10.5 Å². The lowest BCUT2D eigenvalue weighted by atomic mass is 10.1. The molecule has 2 N–H and O–H groups in total. The zero-order chi connectivity index (χ0) is 19.1. The minimum absolute atomic E-state index is 0.0989.